The minimum Gasteiger partial charge on any atom is -0.258 e. The van der Waals surface area contributed by atoms with Crippen LogP contribution in [-0.4, -0.2) is 16.1 Å². The molecule has 5 nitrogen and oxygen atoms in total. The van der Waals surface area contributed by atoms with Gasteiger partial charge in [-0.05, 0) is 29.8 Å². The Morgan fingerprint density at radius 2 is 1.40 bits per heavy atom. The summed E-state index contributed by atoms with van der Waals surface area (Å²) in [6.07, 6.45) is 1.72. The van der Waals surface area contributed by atoms with E-state index in [0.29, 0.717) is 0 Å². The fourth-order valence-electron chi connectivity index (χ4n) is 2.78. The van der Waals surface area contributed by atoms with Crippen molar-refractivity contribution in [3.63, 3.8) is 0 Å². The molecule has 0 fully saturated rings. The average molecular weight is 327 g/mol. The maximum absolute atomic E-state index is 10.7. The molecule has 0 aliphatic carbocycles. The molecule has 0 amide bonds. The third kappa shape index (κ3) is 2.83. The predicted octanol–water partition coefficient (Wildman–Crippen LogP) is 5.05. The molecule has 0 bridgehead atoms. The molecule has 0 saturated carbocycles. The number of nitrogens with zero attached hydrogens (tertiary/aromatic N) is 3. The summed E-state index contributed by atoms with van der Waals surface area (Å²) in [5, 5.41) is 12.7. The van der Waals surface area contributed by atoms with E-state index >= 15 is 0 Å². The molecular weight excluding hydrogens is 314 g/mol. The molecule has 0 spiro atoms. The van der Waals surface area contributed by atoms with Crippen molar-refractivity contribution in [3.8, 4) is 0 Å². The molecule has 4 rings (SSSR count). The SMILES string of the molecule is O=[N+]([O-])c1ccc(C=Nc2c3ccccc3nc3ccccc23)cc1. The van der Waals surface area contributed by atoms with E-state index in [1.807, 2.05) is 48.5 Å². The van der Waals surface area contributed by atoms with Gasteiger partial charge < -0.3 is 0 Å². The highest BCUT2D eigenvalue weighted by Crippen LogP contribution is 2.32. The van der Waals surface area contributed by atoms with Crippen molar-refractivity contribution >= 4 is 39.4 Å². The van der Waals surface area contributed by atoms with E-state index in [-0.39, 0.29) is 5.69 Å². The van der Waals surface area contributed by atoms with Crippen LogP contribution in [0.2, 0.25) is 0 Å². The lowest BCUT2D eigenvalue weighted by atomic mass is 10.1. The molecule has 0 aliphatic heterocycles. The van der Waals surface area contributed by atoms with Crippen LogP contribution >= 0.6 is 0 Å². The molecule has 0 aliphatic rings. The Morgan fingerprint density at radius 3 is 1.96 bits per heavy atom. The first-order valence-electron chi connectivity index (χ1n) is 7.78. The van der Waals surface area contributed by atoms with Crippen LogP contribution in [0.4, 0.5) is 11.4 Å². The number of fused-ring (bicyclic) bond motifs is 2. The maximum Gasteiger partial charge on any atom is 0.269 e. The van der Waals surface area contributed by atoms with Crippen LogP contribution in [0.5, 0.6) is 0 Å². The first-order valence-corrected chi connectivity index (χ1v) is 7.78. The van der Waals surface area contributed by atoms with Gasteiger partial charge in [-0.25, -0.2) is 4.98 Å². The average Bonchev–Trinajstić information content (AvgIpc) is 2.65. The number of hydrogen-bond donors (Lipinski definition) is 0. The van der Waals surface area contributed by atoms with Crippen molar-refractivity contribution in [2.45, 2.75) is 0 Å². The number of para-hydroxylation sites is 2. The smallest absolute Gasteiger partial charge is 0.258 e. The molecule has 5 heteroatoms. The Labute approximate surface area is 143 Å². The van der Waals surface area contributed by atoms with Gasteiger partial charge in [0, 0.05) is 29.1 Å². The van der Waals surface area contributed by atoms with Crippen LogP contribution in [-0.2, 0) is 0 Å². The largest absolute Gasteiger partial charge is 0.269 e. The molecule has 0 unspecified atom stereocenters. The van der Waals surface area contributed by atoms with Gasteiger partial charge in [-0.1, -0.05) is 36.4 Å². The van der Waals surface area contributed by atoms with Gasteiger partial charge >= 0.3 is 0 Å². The summed E-state index contributed by atoms with van der Waals surface area (Å²) in [4.78, 5) is 19.7. The van der Waals surface area contributed by atoms with E-state index in [1.165, 1.54) is 12.1 Å². The maximum atomic E-state index is 10.7. The van der Waals surface area contributed by atoms with Crippen LogP contribution < -0.4 is 0 Å². The molecule has 1 aromatic heterocycles. The summed E-state index contributed by atoms with van der Waals surface area (Å²) in [5.41, 5.74) is 3.49. The van der Waals surface area contributed by atoms with Gasteiger partial charge in [-0.2, -0.15) is 0 Å². The van der Waals surface area contributed by atoms with Crippen molar-refractivity contribution in [1.82, 2.24) is 4.98 Å². The quantitative estimate of drug-likeness (QED) is 0.229. The van der Waals surface area contributed by atoms with Gasteiger partial charge in [0.25, 0.3) is 5.69 Å². The van der Waals surface area contributed by atoms with Gasteiger partial charge in [-0.15, -0.1) is 0 Å². The minimum atomic E-state index is -0.412. The standard InChI is InChI=1S/C20H13N3O2/c24-23(25)15-11-9-14(10-12-15)13-21-20-16-5-1-3-7-18(16)22-19-8-4-2-6-17(19)20/h1-13H. The fourth-order valence-corrected chi connectivity index (χ4v) is 2.78. The number of nitro benzene ring substituents is 1. The second-order valence-electron chi connectivity index (χ2n) is 5.60. The summed E-state index contributed by atoms with van der Waals surface area (Å²) < 4.78 is 0. The second-order valence-corrected chi connectivity index (χ2v) is 5.60. The Bertz CT molecular complexity index is 1060. The predicted molar refractivity (Wildman–Crippen MR) is 99.6 cm³/mol. The minimum absolute atomic E-state index is 0.0666. The van der Waals surface area contributed by atoms with Gasteiger partial charge in [0.05, 0.1) is 21.6 Å². The highest BCUT2D eigenvalue weighted by atomic mass is 16.6. The van der Waals surface area contributed by atoms with Crippen molar-refractivity contribution in [3.05, 3.63) is 88.5 Å². The number of benzene rings is 3. The molecule has 3 aromatic carbocycles. The first kappa shape index (κ1) is 15.0. The van der Waals surface area contributed by atoms with Crippen LogP contribution in [0, 0.1) is 10.1 Å². The molecule has 0 radical (unpaired) electrons. The lowest BCUT2D eigenvalue weighted by molar-refractivity contribution is -0.384. The molecule has 0 atom stereocenters. The summed E-state index contributed by atoms with van der Waals surface area (Å²) in [6.45, 7) is 0. The molecule has 0 N–H and O–H groups in total. The Hall–Kier alpha value is -3.60. The molecule has 1 heterocycles. The summed E-state index contributed by atoms with van der Waals surface area (Å²) >= 11 is 0. The van der Waals surface area contributed by atoms with Gasteiger partial charge in [-0.3, -0.25) is 15.1 Å². The second kappa shape index (κ2) is 6.13. The number of nitro groups is 1. The van der Waals surface area contributed by atoms with E-state index in [0.717, 1.165) is 33.1 Å². The lowest BCUT2D eigenvalue weighted by Gasteiger charge is -2.06. The normalized spacial score (nSPS) is 11.4. The summed E-state index contributed by atoms with van der Waals surface area (Å²) in [6, 6.07) is 22.1. The highest BCUT2D eigenvalue weighted by molar-refractivity contribution is 6.07. The van der Waals surface area contributed by atoms with Crippen molar-refractivity contribution in [2.75, 3.05) is 0 Å². The van der Waals surface area contributed by atoms with Crippen molar-refractivity contribution in [2.24, 2.45) is 4.99 Å². The number of rotatable bonds is 3. The monoisotopic (exact) mass is 327 g/mol. The zero-order valence-corrected chi connectivity index (χ0v) is 13.2. The number of pyridine rings is 1. The molecule has 0 saturated heterocycles. The fraction of sp³-hybridized carbons (Fsp3) is 0. The number of non-ortho nitro benzene ring substituents is 1. The van der Waals surface area contributed by atoms with Crippen LogP contribution in [0.1, 0.15) is 5.56 Å². The van der Waals surface area contributed by atoms with Crippen LogP contribution in [0.15, 0.2) is 77.8 Å². The third-order valence-electron chi connectivity index (χ3n) is 4.01. The van der Waals surface area contributed by atoms with Crippen LogP contribution in [0.3, 0.4) is 0 Å². The Morgan fingerprint density at radius 1 is 0.840 bits per heavy atom. The van der Waals surface area contributed by atoms with Crippen molar-refractivity contribution < 1.29 is 4.92 Å². The van der Waals surface area contributed by atoms with E-state index < -0.39 is 4.92 Å². The Balaban J connectivity index is 1.85. The zero-order valence-electron chi connectivity index (χ0n) is 13.2. The zero-order chi connectivity index (χ0) is 17.2. The number of aromatic nitrogens is 1. The third-order valence-corrected chi connectivity index (χ3v) is 4.01. The molecule has 120 valence electrons. The summed E-state index contributed by atoms with van der Waals surface area (Å²) in [7, 11) is 0. The van der Waals surface area contributed by atoms with E-state index in [4.69, 9.17) is 0 Å². The highest BCUT2D eigenvalue weighted by Gasteiger charge is 2.07. The Kier molecular flexibility index (Phi) is 3.67. The number of hydrogen-bond acceptors (Lipinski definition) is 4. The molecule has 25 heavy (non-hydrogen) atoms. The van der Waals surface area contributed by atoms with Gasteiger partial charge in [0.1, 0.15) is 0 Å². The van der Waals surface area contributed by atoms with E-state index in [1.54, 1.807) is 18.3 Å². The van der Waals surface area contributed by atoms with Gasteiger partial charge in [0.2, 0.25) is 0 Å². The topological polar surface area (TPSA) is 68.4 Å². The molecule has 4 aromatic rings. The summed E-state index contributed by atoms with van der Waals surface area (Å²) in [5.74, 6) is 0. The number of aliphatic imine (C=N–C) groups is 1. The van der Waals surface area contributed by atoms with Crippen LogP contribution in [0.25, 0.3) is 21.8 Å². The van der Waals surface area contributed by atoms with E-state index in [2.05, 4.69) is 9.98 Å². The molecular formula is C20H13N3O2. The van der Waals surface area contributed by atoms with Crippen molar-refractivity contribution in [1.29, 1.82) is 0 Å². The first-order chi connectivity index (χ1) is 12.2. The van der Waals surface area contributed by atoms with Gasteiger partial charge in [0.15, 0.2) is 0 Å². The van der Waals surface area contributed by atoms with E-state index in [9.17, 15) is 10.1 Å². The lowest BCUT2D eigenvalue weighted by Crippen LogP contribution is -1.88.